The van der Waals surface area contributed by atoms with Gasteiger partial charge in [0.25, 0.3) is 5.56 Å². The number of ether oxygens (including phenoxy) is 2. The molecular formula is C26H22BrClFN3O3. The molecule has 6 nitrogen and oxygen atoms in total. The topological polar surface area (TPSA) is 65.7 Å². The van der Waals surface area contributed by atoms with Crippen LogP contribution in [0.15, 0.2) is 69.0 Å². The molecule has 0 amide bonds. The maximum Gasteiger partial charge on any atom is 0.282 e. The number of aryl methyl sites for hydroxylation is 1. The molecule has 9 heteroatoms. The third-order valence-electron chi connectivity index (χ3n) is 5.12. The van der Waals surface area contributed by atoms with E-state index in [1.807, 2.05) is 19.9 Å². The van der Waals surface area contributed by atoms with Crippen LogP contribution in [-0.2, 0) is 13.0 Å². The summed E-state index contributed by atoms with van der Waals surface area (Å²) in [5.74, 6) is 0.957. The van der Waals surface area contributed by atoms with E-state index in [9.17, 15) is 9.18 Å². The Bertz CT molecular complexity index is 1470. The molecule has 1 heterocycles. The van der Waals surface area contributed by atoms with E-state index in [2.05, 4.69) is 26.0 Å². The summed E-state index contributed by atoms with van der Waals surface area (Å²) in [5, 5.41) is 5.17. The number of halogens is 3. The lowest BCUT2D eigenvalue weighted by Gasteiger charge is -2.14. The Morgan fingerprint density at radius 2 is 1.97 bits per heavy atom. The maximum atomic E-state index is 13.5. The maximum absolute atomic E-state index is 13.5. The van der Waals surface area contributed by atoms with Crippen molar-refractivity contribution in [1.82, 2.24) is 9.66 Å². The summed E-state index contributed by atoms with van der Waals surface area (Å²) < 4.78 is 27.1. The lowest BCUT2D eigenvalue weighted by atomic mass is 10.2. The highest BCUT2D eigenvalue weighted by Gasteiger charge is 2.14. The van der Waals surface area contributed by atoms with Crippen LogP contribution in [0.25, 0.3) is 10.9 Å². The summed E-state index contributed by atoms with van der Waals surface area (Å²) in [4.78, 5) is 17.7. The molecule has 0 N–H and O–H groups in total. The molecule has 180 valence electrons. The van der Waals surface area contributed by atoms with Crippen LogP contribution in [0.5, 0.6) is 11.5 Å². The molecule has 0 saturated heterocycles. The van der Waals surface area contributed by atoms with Gasteiger partial charge in [0.05, 0.1) is 28.7 Å². The minimum Gasteiger partial charge on any atom is -0.490 e. The molecule has 3 aromatic carbocycles. The molecule has 0 aliphatic rings. The van der Waals surface area contributed by atoms with Crippen molar-refractivity contribution >= 4 is 44.6 Å². The van der Waals surface area contributed by atoms with E-state index >= 15 is 0 Å². The van der Waals surface area contributed by atoms with Crippen molar-refractivity contribution in [2.45, 2.75) is 26.9 Å². The summed E-state index contributed by atoms with van der Waals surface area (Å²) in [5.41, 5.74) is 1.62. The molecule has 0 unspecified atom stereocenters. The van der Waals surface area contributed by atoms with Gasteiger partial charge in [0.15, 0.2) is 11.5 Å². The standard InChI is InChI=1S/C26H22BrClFN3O3/c1-3-24-31-22-9-8-18(27)13-20(22)26(33)32(24)30-14-17-11-21(28)25(23(12-17)34-4-2)35-15-16-6-5-7-19(29)10-16/h5-14H,3-4,15H2,1-2H3. The van der Waals surface area contributed by atoms with E-state index < -0.39 is 0 Å². The zero-order valence-corrected chi connectivity index (χ0v) is 21.4. The van der Waals surface area contributed by atoms with Crippen LogP contribution in [0.3, 0.4) is 0 Å². The first-order valence-corrected chi connectivity index (χ1v) is 12.2. The molecule has 4 aromatic rings. The highest BCUT2D eigenvalue weighted by molar-refractivity contribution is 9.10. The lowest BCUT2D eigenvalue weighted by Crippen LogP contribution is -2.22. The number of fused-ring (bicyclic) bond motifs is 1. The number of aromatic nitrogens is 2. The Kier molecular flexibility index (Phi) is 7.83. The molecule has 35 heavy (non-hydrogen) atoms. The van der Waals surface area contributed by atoms with Crippen LogP contribution >= 0.6 is 27.5 Å². The van der Waals surface area contributed by atoms with Gasteiger partial charge in [-0.15, -0.1) is 0 Å². The van der Waals surface area contributed by atoms with Crippen LogP contribution in [0, 0.1) is 5.82 Å². The largest absolute Gasteiger partial charge is 0.490 e. The first-order chi connectivity index (χ1) is 16.9. The Hall–Kier alpha value is -3.23. The van der Waals surface area contributed by atoms with E-state index in [1.165, 1.54) is 23.0 Å². The second-order valence-electron chi connectivity index (χ2n) is 7.59. The predicted molar refractivity (Wildman–Crippen MR) is 139 cm³/mol. The first-order valence-electron chi connectivity index (χ1n) is 11.0. The molecule has 0 radical (unpaired) electrons. The minimum atomic E-state index is -0.342. The average Bonchev–Trinajstić information content (AvgIpc) is 2.83. The van der Waals surface area contributed by atoms with E-state index in [0.717, 1.165) is 4.47 Å². The van der Waals surface area contributed by atoms with Crippen molar-refractivity contribution in [3.63, 3.8) is 0 Å². The van der Waals surface area contributed by atoms with Gasteiger partial charge in [0, 0.05) is 10.9 Å². The zero-order chi connectivity index (χ0) is 24.9. The number of benzene rings is 3. The van der Waals surface area contributed by atoms with Gasteiger partial charge in [-0.05, 0) is 60.5 Å². The SMILES string of the molecule is CCOc1cc(C=Nn2c(CC)nc3ccc(Br)cc3c2=O)cc(Cl)c1OCc1cccc(F)c1. The molecule has 0 atom stereocenters. The van der Waals surface area contributed by atoms with E-state index in [1.54, 1.807) is 36.4 Å². The number of rotatable bonds is 8. The number of hydrogen-bond donors (Lipinski definition) is 0. The highest BCUT2D eigenvalue weighted by atomic mass is 79.9. The normalized spacial score (nSPS) is 11.3. The van der Waals surface area contributed by atoms with Gasteiger partial charge in [-0.25, -0.2) is 9.37 Å². The van der Waals surface area contributed by atoms with Crippen molar-refractivity contribution < 1.29 is 13.9 Å². The Morgan fingerprint density at radius 1 is 1.14 bits per heavy atom. The van der Waals surface area contributed by atoms with Crippen molar-refractivity contribution in [1.29, 1.82) is 0 Å². The Balaban J connectivity index is 1.68. The van der Waals surface area contributed by atoms with Crippen LogP contribution in [0.2, 0.25) is 5.02 Å². The molecule has 0 bridgehead atoms. The molecule has 0 saturated carbocycles. The summed E-state index contributed by atoms with van der Waals surface area (Å²) in [6.45, 7) is 4.26. The average molecular weight is 559 g/mol. The smallest absolute Gasteiger partial charge is 0.282 e. The summed E-state index contributed by atoms with van der Waals surface area (Å²) in [6.07, 6.45) is 2.05. The fourth-order valence-electron chi connectivity index (χ4n) is 3.51. The molecule has 0 fully saturated rings. The third kappa shape index (κ3) is 5.71. The fraction of sp³-hybridized carbons (Fsp3) is 0.192. The zero-order valence-electron chi connectivity index (χ0n) is 19.1. The first kappa shape index (κ1) is 24.9. The molecule has 0 aliphatic heterocycles. The van der Waals surface area contributed by atoms with Crippen LogP contribution in [-0.4, -0.2) is 22.5 Å². The van der Waals surface area contributed by atoms with Crippen molar-refractivity contribution in [3.8, 4) is 11.5 Å². The number of nitrogens with zero attached hydrogens (tertiary/aromatic N) is 3. The van der Waals surface area contributed by atoms with E-state index in [0.29, 0.717) is 57.4 Å². The predicted octanol–water partition coefficient (Wildman–Crippen LogP) is 6.37. The highest BCUT2D eigenvalue weighted by Crippen LogP contribution is 2.37. The summed E-state index contributed by atoms with van der Waals surface area (Å²) in [7, 11) is 0. The molecule has 0 spiro atoms. The van der Waals surface area contributed by atoms with Gasteiger partial charge in [-0.1, -0.05) is 46.6 Å². The molecule has 0 aliphatic carbocycles. The summed E-state index contributed by atoms with van der Waals surface area (Å²) >= 11 is 9.91. The monoisotopic (exact) mass is 557 g/mol. The van der Waals surface area contributed by atoms with Crippen molar-refractivity contribution in [3.05, 3.63) is 97.2 Å². The van der Waals surface area contributed by atoms with E-state index in [4.69, 9.17) is 21.1 Å². The van der Waals surface area contributed by atoms with Gasteiger partial charge in [-0.2, -0.15) is 9.78 Å². The second kappa shape index (κ2) is 11.0. The van der Waals surface area contributed by atoms with Crippen LogP contribution < -0.4 is 15.0 Å². The fourth-order valence-corrected chi connectivity index (χ4v) is 4.15. The lowest BCUT2D eigenvalue weighted by molar-refractivity contribution is 0.269. The van der Waals surface area contributed by atoms with Gasteiger partial charge in [0.2, 0.25) is 0 Å². The number of hydrogen-bond acceptors (Lipinski definition) is 5. The van der Waals surface area contributed by atoms with Crippen molar-refractivity contribution in [2.24, 2.45) is 5.10 Å². The van der Waals surface area contributed by atoms with Crippen molar-refractivity contribution in [2.75, 3.05) is 6.61 Å². The van der Waals surface area contributed by atoms with Gasteiger partial charge in [-0.3, -0.25) is 4.79 Å². The second-order valence-corrected chi connectivity index (χ2v) is 8.91. The quantitative estimate of drug-likeness (QED) is 0.236. The van der Waals surface area contributed by atoms with Gasteiger partial charge >= 0.3 is 0 Å². The van der Waals surface area contributed by atoms with Crippen LogP contribution in [0.1, 0.15) is 30.8 Å². The molecule has 1 aromatic heterocycles. The molecular weight excluding hydrogens is 537 g/mol. The molecule has 4 rings (SSSR count). The summed E-state index contributed by atoms with van der Waals surface area (Å²) in [6, 6.07) is 14.9. The Labute approximate surface area is 215 Å². The third-order valence-corrected chi connectivity index (χ3v) is 5.89. The van der Waals surface area contributed by atoms with Crippen LogP contribution in [0.4, 0.5) is 4.39 Å². The van der Waals surface area contributed by atoms with Gasteiger partial charge in [0.1, 0.15) is 18.2 Å². The Morgan fingerprint density at radius 3 is 2.71 bits per heavy atom. The van der Waals surface area contributed by atoms with Gasteiger partial charge < -0.3 is 9.47 Å². The minimum absolute atomic E-state index is 0.124. The van der Waals surface area contributed by atoms with E-state index in [-0.39, 0.29) is 18.0 Å².